The lowest BCUT2D eigenvalue weighted by atomic mass is 9.96. The molecule has 7 nitrogen and oxygen atoms in total. The Balaban J connectivity index is 1.57. The fraction of sp³-hybridized carbons (Fsp3) is 0.550. The Kier molecular flexibility index (Phi) is 5.67. The van der Waals surface area contributed by atoms with Crippen LogP contribution in [0.2, 0.25) is 0 Å². The number of anilines is 4. The fourth-order valence-electron chi connectivity index (χ4n) is 3.69. The van der Waals surface area contributed by atoms with Gasteiger partial charge in [-0.3, -0.25) is 0 Å². The predicted molar refractivity (Wildman–Crippen MR) is 110 cm³/mol. The minimum Gasteiger partial charge on any atom is -0.351 e. The monoisotopic (exact) mass is 367 g/mol. The van der Waals surface area contributed by atoms with Crippen molar-refractivity contribution in [2.24, 2.45) is 0 Å². The second kappa shape index (κ2) is 8.52. The average molecular weight is 368 g/mol. The molecule has 0 bridgehead atoms. The molecule has 2 aromatic rings. The summed E-state index contributed by atoms with van der Waals surface area (Å²) in [6.45, 7) is 5.82. The highest BCUT2D eigenvalue weighted by atomic mass is 15.3. The Hall–Kier alpha value is -2.41. The maximum absolute atomic E-state index is 4.73. The molecule has 1 saturated carbocycles. The topological polar surface area (TPSA) is 78.0 Å². The second-order valence-electron chi connectivity index (χ2n) is 7.49. The zero-order valence-corrected chi connectivity index (χ0v) is 16.0. The van der Waals surface area contributed by atoms with E-state index < -0.39 is 0 Å². The van der Waals surface area contributed by atoms with E-state index in [2.05, 4.69) is 57.0 Å². The van der Waals surface area contributed by atoms with E-state index in [1.54, 1.807) is 0 Å². The van der Waals surface area contributed by atoms with Crippen molar-refractivity contribution in [3.8, 4) is 0 Å². The third-order valence-corrected chi connectivity index (χ3v) is 5.27. The molecule has 0 radical (unpaired) electrons. The van der Waals surface area contributed by atoms with Crippen molar-refractivity contribution >= 4 is 23.5 Å². The number of hydrogen-bond donors (Lipinski definition) is 3. The summed E-state index contributed by atoms with van der Waals surface area (Å²) in [6.07, 6.45) is 6.27. The number of nitrogens with zero attached hydrogens (tertiary/aromatic N) is 4. The van der Waals surface area contributed by atoms with Crippen LogP contribution in [0.15, 0.2) is 24.3 Å². The van der Waals surface area contributed by atoms with Crippen molar-refractivity contribution in [3.63, 3.8) is 0 Å². The van der Waals surface area contributed by atoms with Crippen molar-refractivity contribution in [2.45, 2.75) is 45.1 Å². The Morgan fingerprint density at radius 1 is 0.926 bits per heavy atom. The standard InChI is InChI=1S/C20H29N7/c1-15-7-9-17(10-8-15)23-19-24-18(22-16-5-3-2-4-6-16)25-20(26-19)27-13-11-21-12-14-27/h7-10,16,21H,2-6,11-14H2,1H3,(H2,22,23,24,25,26). The highest BCUT2D eigenvalue weighted by molar-refractivity contribution is 5.56. The Labute approximate surface area is 161 Å². The highest BCUT2D eigenvalue weighted by Crippen LogP contribution is 2.23. The molecule has 1 aliphatic carbocycles. The fourth-order valence-corrected chi connectivity index (χ4v) is 3.69. The minimum absolute atomic E-state index is 0.462. The largest absolute Gasteiger partial charge is 0.351 e. The first-order valence-electron chi connectivity index (χ1n) is 10.1. The van der Waals surface area contributed by atoms with Crippen LogP contribution < -0.4 is 20.9 Å². The molecule has 0 amide bonds. The Morgan fingerprint density at radius 2 is 1.63 bits per heavy atom. The zero-order chi connectivity index (χ0) is 18.5. The van der Waals surface area contributed by atoms with E-state index in [9.17, 15) is 0 Å². The van der Waals surface area contributed by atoms with E-state index >= 15 is 0 Å². The van der Waals surface area contributed by atoms with Gasteiger partial charge in [0.2, 0.25) is 17.8 Å². The van der Waals surface area contributed by atoms with Gasteiger partial charge in [0.25, 0.3) is 0 Å². The van der Waals surface area contributed by atoms with Crippen LogP contribution in [0.4, 0.5) is 23.5 Å². The summed E-state index contributed by atoms with van der Waals surface area (Å²) in [5.74, 6) is 2.03. The first kappa shape index (κ1) is 18.0. The number of hydrogen-bond acceptors (Lipinski definition) is 7. The summed E-state index contributed by atoms with van der Waals surface area (Å²) < 4.78 is 0. The van der Waals surface area contributed by atoms with Gasteiger partial charge in [-0.2, -0.15) is 15.0 Å². The van der Waals surface area contributed by atoms with Crippen LogP contribution in [0.5, 0.6) is 0 Å². The van der Waals surface area contributed by atoms with Crippen LogP contribution in [-0.4, -0.2) is 47.2 Å². The Bertz CT molecular complexity index is 734. The smallest absolute Gasteiger partial charge is 0.233 e. The van der Waals surface area contributed by atoms with Gasteiger partial charge in [0, 0.05) is 37.9 Å². The summed E-state index contributed by atoms with van der Waals surface area (Å²) in [5, 5.41) is 10.3. The minimum atomic E-state index is 0.462. The molecule has 144 valence electrons. The second-order valence-corrected chi connectivity index (χ2v) is 7.49. The first-order valence-corrected chi connectivity index (χ1v) is 10.1. The molecule has 27 heavy (non-hydrogen) atoms. The van der Waals surface area contributed by atoms with Crippen LogP contribution in [0.3, 0.4) is 0 Å². The van der Waals surface area contributed by atoms with E-state index in [4.69, 9.17) is 9.97 Å². The summed E-state index contributed by atoms with van der Waals surface area (Å²) in [4.78, 5) is 16.3. The lowest BCUT2D eigenvalue weighted by Crippen LogP contribution is -2.44. The highest BCUT2D eigenvalue weighted by Gasteiger charge is 2.19. The van der Waals surface area contributed by atoms with E-state index in [0.29, 0.717) is 17.9 Å². The Morgan fingerprint density at radius 3 is 2.37 bits per heavy atom. The van der Waals surface area contributed by atoms with Gasteiger partial charge in [-0.25, -0.2) is 0 Å². The number of rotatable bonds is 5. The van der Waals surface area contributed by atoms with Gasteiger partial charge in [-0.15, -0.1) is 0 Å². The molecule has 2 fully saturated rings. The van der Waals surface area contributed by atoms with Gasteiger partial charge in [0.05, 0.1) is 0 Å². The molecule has 0 unspecified atom stereocenters. The molecule has 1 aliphatic heterocycles. The average Bonchev–Trinajstić information content (AvgIpc) is 2.71. The summed E-state index contributed by atoms with van der Waals surface area (Å²) >= 11 is 0. The third-order valence-electron chi connectivity index (χ3n) is 5.27. The molecule has 1 aromatic carbocycles. The molecule has 3 N–H and O–H groups in total. The molecular weight excluding hydrogens is 338 g/mol. The molecular formula is C20H29N7. The molecule has 2 heterocycles. The summed E-state index contributed by atoms with van der Waals surface area (Å²) in [6, 6.07) is 8.74. The van der Waals surface area contributed by atoms with Crippen LogP contribution in [0.1, 0.15) is 37.7 Å². The maximum atomic E-state index is 4.73. The normalized spacial score (nSPS) is 18.3. The molecule has 1 saturated heterocycles. The van der Waals surface area contributed by atoms with Gasteiger partial charge in [-0.05, 0) is 31.9 Å². The number of piperazine rings is 1. The SMILES string of the molecule is Cc1ccc(Nc2nc(NC3CCCCC3)nc(N3CCNCC3)n2)cc1. The number of benzene rings is 1. The van der Waals surface area contributed by atoms with Crippen LogP contribution >= 0.6 is 0 Å². The van der Waals surface area contributed by atoms with E-state index in [-0.39, 0.29) is 0 Å². The molecule has 7 heteroatoms. The number of nitrogens with one attached hydrogen (secondary N) is 3. The molecule has 0 spiro atoms. The molecule has 0 atom stereocenters. The van der Waals surface area contributed by atoms with Crippen LogP contribution in [0, 0.1) is 6.92 Å². The lowest BCUT2D eigenvalue weighted by molar-refractivity contribution is 0.460. The van der Waals surface area contributed by atoms with Crippen molar-refractivity contribution in [1.29, 1.82) is 0 Å². The van der Waals surface area contributed by atoms with Crippen molar-refractivity contribution < 1.29 is 0 Å². The van der Waals surface area contributed by atoms with E-state index in [1.165, 1.54) is 37.7 Å². The summed E-state index contributed by atoms with van der Waals surface area (Å²) in [7, 11) is 0. The lowest BCUT2D eigenvalue weighted by Gasteiger charge is -2.28. The maximum Gasteiger partial charge on any atom is 0.233 e. The van der Waals surface area contributed by atoms with Crippen molar-refractivity contribution in [1.82, 2.24) is 20.3 Å². The van der Waals surface area contributed by atoms with Crippen LogP contribution in [-0.2, 0) is 0 Å². The summed E-state index contributed by atoms with van der Waals surface area (Å²) in [5.41, 5.74) is 2.22. The van der Waals surface area contributed by atoms with E-state index in [0.717, 1.165) is 37.8 Å². The number of aromatic nitrogens is 3. The van der Waals surface area contributed by atoms with Gasteiger partial charge in [0.15, 0.2) is 0 Å². The third kappa shape index (κ3) is 4.86. The molecule has 1 aromatic heterocycles. The van der Waals surface area contributed by atoms with Gasteiger partial charge >= 0.3 is 0 Å². The van der Waals surface area contributed by atoms with Crippen LogP contribution in [0.25, 0.3) is 0 Å². The quantitative estimate of drug-likeness (QED) is 0.749. The van der Waals surface area contributed by atoms with Crippen molar-refractivity contribution in [3.05, 3.63) is 29.8 Å². The van der Waals surface area contributed by atoms with Crippen molar-refractivity contribution in [2.75, 3.05) is 41.7 Å². The molecule has 4 rings (SSSR count). The predicted octanol–water partition coefficient (Wildman–Crippen LogP) is 3.08. The number of aryl methyl sites for hydroxylation is 1. The first-order chi connectivity index (χ1) is 13.3. The zero-order valence-electron chi connectivity index (χ0n) is 16.0. The van der Waals surface area contributed by atoms with Gasteiger partial charge in [-0.1, -0.05) is 37.0 Å². The molecule has 2 aliphatic rings. The van der Waals surface area contributed by atoms with Gasteiger partial charge in [0.1, 0.15) is 0 Å². The van der Waals surface area contributed by atoms with Gasteiger partial charge < -0.3 is 20.9 Å². The van der Waals surface area contributed by atoms with E-state index in [1.807, 2.05) is 0 Å².